The number of nitrogens with zero attached hydrogens (tertiary/aromatic N) is 4. The minimum atomic E-state index is -0.340. The zero-order chi connectivity index (χ0) is 21.7. The Morgan fingerprint density at radius 2 is 1.90 bits per heavy atom. The third-order valence-corrected chi connectivity index (χ3v) is 5.88. The molecule has 7 heteroatoms. The highest BCUT2D eigenvalue weighted by Crippen LogP contribution is 2.26. The molecule has 1 saturated heterocycles. The molecule has 5 rings (SSSR count). The number of anilines is 1. The van der Waals surface area contributed by atoms with Crippen LogP contribution >= 0.6 is 0 Å². The van der Waals surface area contributed by atoms with Gasteiger partial charge < -0.3 is 19.0 Å². The van der Waals surface area contributed by atoms with Crippen molar-refractivity contribution in [1.29, 1.82) is 0 Å². The fourth-order valence-corrected chi connectivity index (χ4v) is 4.59. The number of fused-ring (bicyclic) bond motifs is 2. The molecule has 0 spiro atoms. The topological polar surface area (TPSA) is 75.7 Å². The van der Waals surface area contributed by atoms with Gasteiger partial charge in [0.15, 0.2) is 11.4 Å². The average Bonchev–Trinajstić information content (AvgIpc) is 3.16. The summed E-state index contributed by atoms with van der Waals surface area (Å²) < 4.78 is 7.67. The summed E-state index contributed by atoms with van der Waals surface area (Å²) >= 11 is 0. The molecule has 7 nitrogen and oxygen atoms in total. The standard InChI is InChI=1S/C24H27N5O2/c1-5-20-23-27-21(13-29(23)12-16(4)26-20)22-8-17-6-7-18(9-19(17)24(30)31-22)28-10-14(2)25-15(3)11-28/h6-9,12-15,25H,5,10-11H2,1-4H3. The van der Waals surface area contributed by atoms with Crippen LogP contribution < -0.4 is 15.8 Å². The van der Waals surface area contributed by atoms with E-state index in [4.69, 9.17) is 9.40 Å². The van der Waals surface area contributed by atoms with Crippen molar-refractivity contribution in [1.82, 2.24) is 19.7 Å². The van der Waals surface area contributed by atoms with E-state index in [9.17, 15) is 4.79 Å². The molecule has 0 amide bonds. The van der Waals surface area contributed by atoms with Crippen LogP contribution in [0.3, 0.4) is 0 Å². The number of piperazine rings is 1. The number of aryl methyl sites for hydroxylation is 2. The summed E-state index contributed by atoms with van der Waals surface area (Å²) in [4.78, 5) is 24.5. The van der Waals surface area contributed by atoms with Gasteiger partial charge >= 0.3 is 5.63 Å². The lowest BCUT2D eigenvalue weighted by molar-refractivity contribution is 0.407. The first-order valence-corrected chi connectivity index (χ1v) is 10.9. The summed E-state index contributed by atoms with van der Waals surface area (Å²) in [5, 5.41) is 4.99. The quantitative estimate of drug-likeness (QED) is 0.549. The Bertz CT molecular complexity index is 1330. The van der Waals surface area contributed by atoms with Crippen LogP contribution in [0.2, 0.25) is 0 Å². The molecule has 0 saturated carbocycles. The first kappa shape index (κ1) is 19.8. The van der Waals surface area contributed by atoms with Gasteiger partial charge in [0.1, 0.15) is 5.69 Å². The number of hydrogen-bond donors (Lipinski definition) is 1. The van der Waals surface area contributed by atoms with Crippen LogP contribution in [0, 0.1) is 6.92 Å². The Morgan fingerprint density at radius 1 is 1.13 bits per heavy atom. The highest BCUT2D eigenvalue weighted by Gasteiger charge is 2.22. The van der Waals surface area contributed by atoms with Crippen LogP contribution in [-0.4, -0.2) is 39.5 Å². The van der Waals surface area contributed by atoms with Crippen molar-refractivity contribution in [3.05, 3.63) is 58.5 Å². The maximum absolute atomic E-state index is 12.9. The van der Waals surface area contributed by atoms with Crippen LogP contribution in [0.1, 0.15) is 32.2 Å². The SMILES string of the molecule is CCc1nc(C)cn2cc(-c3cc4ccc(N5CC(C)NC(C)C5)cc4c(=O)o3)nc12. The average molecular weight is 418 g/mol. The van der Waals surface area contributed by atoms with Gasteiger partial charge in [-0.1, -0.05) is 13.0 Å². The Balaban J connectivity index is 1.56. The van der Waals surface area contributed by atoms with Crippen LogP contribution in [0.15, 0.2) is 45.9 Å². The smallest absolute Gasteiger partial charge is 0.344 e. The zero-order valence-electron chi connectivity index (χ0n) is 18.3. The van der Waals surface area contributed by atoms with Gasteiger partial charge in [0.2, 0.25) is 0 Å². The van der Waals surface area contributed by atoms with Gasteiger partial charge in [0.25, 0.3) is 0 Å². The lowest BCUT2D eigenvalue weighted by Gasteiger charge is -2.37. The van der Waals surface area contributed by atoms with Crippen molar-refractivity contribution in [2.24, 2.45) is 0 Å². The highest BCUT2D eigenvalue weighted by molar-refractivity contribution is 5.87. The van der Waals surface area contributed by atoms with E-state index in [2.05, 4.69) is 42.0 Å². The first-order valence-electron chi connectivity index (χ1n) is 10.9. The second kappa shape index (κ2) is 7.50. The summed E-state index contributed by atoms with van der Waals surface area (Å²) in [5.41, 5.74) is 4.00. The normalized spacial score (nSPS) is 19.4. The molecule has 2 atom stereocenters. The molecule has 0 bridgehead atoms. The maximum atomic E-state index is 12.9. The predicted molar refractivity (Wildman–Crippen MR) is 123 cm³/mol. The number of rotatable bonds is 3. The molecule has 160 valence electrons. The second-order valence-electron chi connectivity index (χ2n) is 8.58. The van der Waals surface area contributed by atoms with E-state index in [1.807, 2.05) is 41.9 Å². The van der Waals surface area contributed by atoms with Crippen LogP contribution in [0.25, 0.3) is 27.9 Å². The van der Waals surface area contributed by atoms with Crippen molar-refractivity contribution in [2.45, 2.75) is 46.2 Å². The van der Waals surface area contributed by atoms with Gasteiger partial charge in [0, 0.05) is 43.3 Å². The van der Waals surface area contributed by atoms with Crippen molar-refractivity contribution in [3.63, 3.8) is 0 Å². The van der Waals surface area contributed by atoms with Crippen molar-refractivity contribution in [2.75, 3.05) is 18.0 Å². The fraction of sp³-hybridized carbons (Fsp3) is 0.375. The van der Waals surface area contributed by atoms with Crippen LogP contribution in [0.5, 0.6) is 0 Å². The van der Waals surface area contributed by atoms with Crippen molar-refractivity contribution >= 4 is 22.1 Å². The Kier molecular flexibility index (Phi) is 4.78. The Hall–Kier alpha value is -3.19. The molecule has 2 unspecified atom stereocenters. The van der Waals surface area contributed by atoms with Gasteiger partial charge in [-0.15, -0.1) is 0 Å². The van der Waals surface area contributed by atoms with Gasteiger partial charge in [-0.25, -0.2) is 9.78 Å². The van der Waals surface area contributed by atoms with Crippen molar-refractivity contribution in [3.8, 4) is 11.5 Å². The fourth-order valence-electron chi connectivity index (χ4n) is 4.59. The number of hydrogen-bond acceptors (Lipinski definition) is 6. The summed E-state index contributed by atoms with van der Waals surface area (Å²) in [7, 11) is 0. The zero-order valence-corrected chi connectivity index (χ0v) is 18.3. The van der Waals surface area contributed by atoms with E-state index in [0.29, 0.717) is 28.9 Å². The predicted octanol–water partition coefficient (Wildman–Crippen LogP) is 3.56. The van der Waals surface area contributed by atoms with E-state index in [1.54, 1.807) is 0 Å². The molecule has 1 aliphatic rings. The van der Waals surface area contributed by atoms with Gasteiger partial charge in [-0.3, -0.25) is 4.98 Å². The van der Waals surface area contributed by atoms with E-state index in [1.165, 1.54) is 0 Å². The van der Waals surface area contributed by atoms with E-state index in [0.717, 1.165) is 47.6 Å². The third-order valence-electron chi connectivity index (χ3n) is 5.88. The molecular weight excluding hydrogens is 390 g/mol. The van der Waals surface area contributed by atoms with E-state index in [-0.39, 0.29) is 5.63 Å². The minimum Gasteiger partial charge on any atom is -0.421 e. The second-order valence-corrected chi connectivity index (χ2v) is 8.58. The molecule has 0 radical (unpaired) electrons. The van der Waals surface area contributed by atoms with Gasteiger partial charge in [-0.05, 0) is 50.8 Å². The number of benzene rings is 1. The van der Waals surface area contributed by atoms with Crippen molar-refractivity contribution < 1.29 is 4.42 Å². The monoisotopic (exact) mass is 417 g/mol. The maximum Gasteiger partial charge on any atom is 0.344 e. The van der Waals surface area contributed by atoms with Gasteiger partial charge in [0.05, 0.1) is 16.8 Å². The minimum absolute atomic E-state index is 0.340. The molecule has 4 heterocycles. The molecule has 0 aliphatic carbocycles. The number of aromatic nitrogens is 3. The molecule has 3 aromatic heterocycles. The molecule has 1 N–H and O–H groups in total. The molecular formula is C24H27N5O2. The van der Waals surface area contributed by atoms with Gasteiger partial charge in [-0.2, -0.15) is 0 Å². The number of nitrogens with one attached hydrogen (secondary N) is 1. The summed E-state index contributed by atoms with van der Waals surface area (Å²) in [5.74, 6) is 0.470. The Morgan fingerprint density at radius 3 is 2.65 bits per heavy atom. The molecule has 4 aromatic rings. The summed E-state index contributed by atoms with van der Waals surface area (Å²) in [6.07, 6.45) is 4.62. The van der Waals surface area contributed by atoms with Crippen LogP contribution in [0.4, 0.5) is 5.69 Å². The highest BCUT2D eigenvalue weighted by atomic mass is 16.4. The molecule has 1 fully saturated rings. The lowest BCUT2D eigenvalue weighted by atomic mass is 10.1. The number of imidazole rings is 1. The molecule has 1 aromatic carbocycles. The van der Waals surface area contributed by atoms with Crippen LogP contribution in [-0.2, 0) is 6.42 Å². The van der Waals surface area contributed by atoms with E-state index < -0.39 is 0 Å². The first-order chi connectivity index (χ1) is 14.9. The molecule has 31 heavy (non-hydrogen) atoms. The largest absolute Gasteiger partial charge is 0.421 e. The Labute approximate surface area is 180 Å². The summed E-state index contributed by atoms with van der Waals surface area (Å²) in [6.45, 7) is 10.2. The lowest BCUT2D eigenvalue weighted by Crippen LogP contribution is -2.54. The van der Waals surface area contributed by atoms with E-state index >= 15 is 0 Å². The molecule has 1 aliphatic heterocycles. The summed E-state index contributed by atoms with van der Waals surface area (Å²) in [6, 6.07) is 8.74. The third kappa shape index (κ3) is 3.59.